The molecule has 1 fully saturated rings. The predicted molar refractivity (Wildman–Crippen MR) is 118 cm³/mol. The van der Waals surface area contributed by atoms with E-state index in [2.05, 4.69) is 25.7 Å². The Balaban J connectivity index is 1.63. The van der Waals surface area contributed by atoms with Gasteiger partial charge in [0.15, 0.2) is 11.5 Å². The number of pyridine rings is 2. The van der Waals surface area contributed by atoms with Crippen molar-refractivity contribution in [2.45, 2.75) is 38.1 Å². The van der Waals surface area contributed by atoms with Crippen molar-refractivity contribution in [1.82, 2.24) is 25.1 Å². The van der Waals surface area contributed by atoms with Crippen LogP contribution in [0.3, 0.4) is 0 Å². The molecule has 11 heteroatoms. The summed E-state index contributed by atoms with van der Waals surface area (Å²) in [6.07, 6.45) is 3.64. The van der Waals surface area contributed by atoms with Crippen LogP contribution in [0.4, 0.5) is 10.1 Å². The standard InChI is InChI=1S/C21H24ClFN6O3/c1-21(2,32)17(23)9-26-20(31)14-8-24-18(5-16(14)28-15-4-12(15)10-30)29-19-11(6-27-29)3-13(22)7-25-19/h3,5-8,12,15,17,30,32H,4,9-10H2,1-2H3,(H,24,28)(H,26,31). The van der Waals surface area contributed by atoms with Crippen LogP contribution in [0.2, 0.25) is 5.02 Å². The summed E-state index contributed by atoms with van der Waals surface area (Å²) in [5.74, 6) is -0.00733. The second kappa shape index (κ2) is 8.61. The number of anilines is 1. The molecule has 0 saturated heterocycles. The highest BCUT2D eigenvalue weighted by Crippen LogP contribution is 2.34. The van der Waals surface area contributed by atoms with Gasteiger partial charge in [0.05, 0.1) is 34.6 Å². The highest BCUT2D eigenvalue weighted by atomic mass is 35.5. The van der Waals surface area contributed by atoms with E-state index in [0.29, 0.717) is 22.2 Å². The van der Waals surface area contributed by atoms with Crippen LogP contribution in [0.25, 0.3) is 16.9 Å². The Labute approximate surface area is 188 Å². The lowest BCUT2D eigenvalue weighted by molar-refractivity contribution is -0.00177. The lowest BCUT2D eigenvalue weighted by Gasteiger charge is -2.22. The minimum absolute atomic E-state index is 0.0124. The van der Waals surface area contributed by atoms with Crippen molar-refractivity contribution in [3.05, 3.63) is 41.3 Å². The van der Waals surface area contributed by atoms with E-state index < -0.39 is 17.7 Å². The third kappa shape index (κ3) is 4.67. The molecular formula is C21H24ClFN6O3. The summed E-state index contributed by atoms with van der Waals surface area (Å²) >= 11 is 5.99. The molecule has 1 amide bonds. The average Bonchev–Trinajstić information content (AvgIpc) is 3.37. The number of aliphatic hydroxyl groups is 2. The van der Waals surface area contributed by atoms with E-state index in [1.165, 1.54) is 30.9 Å². The van der Waals surface area contributed by atoms with Crippen LogP contribution < -0.4 is 10.6 Å². The molecule has 0 bridgehead atoms. The SMILES string of the molecule is CC(C)(O)C(F)CNC(=O)c1cnc(-n2ncc3cc(Cl)cnc32)cc1NC1CC1CO. The lowest BCUT2D eigenvalue weighted by atomic mass is 10.0. The maximum atomic E-state index is 14.1. The summed E-state index contributed by atoms with van der Waals surface area (Å²) in [5, 5.41) is 30.4. The summed E-state index contributed by atoms with van der Waals surface area (Å²) in [6, 6.07) is 3.41. The van der Waals surface area contributed by atoms with E-state index in [9.17, 15) is 19.4 Å². The Morgan fingerprint density at radius 2 is 2.12 bits per heavy atom. The molecule has 4 rings (SSSR count). The van der Waals surface area contributed by atoms with E-state index in [-0.39, 0.29) is 30.7 Å². The van der Waals surface area contributed by atoms with Crippen molar-refractivity contribution in [2.24, 2.45) is 5.92 Å². The second-order valence-corrected chi connectivity index (χ2v) is 8.91. The van der Waals surface area contributed by atoms with Gasteiger partial charge in [-0.1, -0.05) is 11.6 Å². The number of carbonyl (C=O) groups is 1. The van der Waals surface area contributed by atoms with Crippen LogP contribution >= 0.6 is 11.6 Å². The van der Waals surface area contributed by atoms with Crippen LogP contribution in [0.15, 0.2) is 30.7 Å². The van der Waals surface area contributed by atoms with Crippen molar-refractivity contribution >= 4 is 34.2 Å². The lowest BCUT2D eigenvalue weighted by Crippen LogP contribution is -2.42. The molecule has 1 saturated carbocycles. The summed E-state index contributed by atoms with van der Waals surface area (Å²) in [5.41, 5.74) is -0.330. The Hall–Kier alpha value is -2.82. The number of halogens is 2. The number of alkyl halides is 1. The molecule has 0 spiro atoms. The number of nitrogens with one attached hydrogen (secondary N) is 2. The fraction of sp³-hybridized carbons (Fsp3) is 0.429. The third-order valence-corrected chi connectivity index (χ3v) is 5.64. The fourth-order valence-corrected chi connectivity index (χ4v) is 3.44. The average molecular weight is 463 g/mol. The van der Waals surface area contributed by atoms with Gasteiger partial charge in [0.2, 0.25) is 0 Å². The molecule has 0 aromatic carbocycles. The molecule has 3 unspecified atom stereocenters. The molecule has 3 aromatic rings. The predicted octanol–water partition coefficient (Wildman–Crippen LogP) is 2.10. The fourth-order valence-electron chi connectivity index (χ4n) is 3.28. The zero-order valence-corrected chi connectivity index (χ0v) is 18.3. The molecule has 0 radical (unpaired) electrons. The number of aromatic nitrogens is 4. The van der Waals surface area contributed by atoms with Crippen LogP contribution in [0, 0.1) is 5.92 Å². The first-order valence-corrected chi connectivity index (χ1v) is 10.6. The number of fused-ring (bicyclic) bond motifs is 1. The number of hydrogen-bond acceptors (Lipinski definition) is 7. The number of nitrogens with zero attached hydrogens (tertiary/aromatic N) is 4. The summed E-state index contributed by atoms with van der Waals surface area (Å²) in [6.45, 7) is 2.37. The molecule has 1 aliphatic rings. The molecule has 4 N–H and O–H groups in total. The number of aliphatic hydroxyl groups excluding tert-OH is 1. The third-order valence-electron chi connectivity index (χ3n) is 5.43. The maximum Gasteiger partial charge on any atom is 0.255 e. The van der Waals surface area contributed by atoms with Crippen molar-refractivity contribution < 1.29 is 19.4 Å². The normalized spacial score (nSPS) is 19.1. The monoisotopic (exact) mass is 462 g/mol. The zero-order valence-electron chi connectivity index (χ0n) is 17.6. The highest BCUT2D eigenvalue weighted by Gasteiger charge is 2.37. The Bertz CT molecular complexity index is 1150. The van der Waals surface area contributed by atoms with Gasteiger partial charge >= 0.3 is 0 Å². The Morgan fingerprint density at radius 1 is 1.34 bits per heavy atom. The summed E-state index contributed by atoms with van der Waals surface area (Å²) in [7, 11) is 0. The number of amides is 1. The van der Waals surface area contributed by atoms with Gasteiger partial charge in [-0.2, -0.15) is 9.78 Å². The molecule has 32 heavy (non-hydrogen) atoms. The minimum Gasteiger partial charge on any atom is -0.396 e. The molecule has 1 aliphatic carbocycles. The quantitative estimate of drug-likeness (QED) is 0.404. The number of rotatable bonds is 8. The van der Waals surface area contributed by atoms with Gasteiger partial charge in [-0.25, -0.2) is 14.4 Å². The molecule has 170 valence electrons. The smallest absolute Gasteiger partial charge is 0.255 e. The Kier molecular flexibility index (Phi) is 6.02. The molecule has 3 heterocycles. The van der Waals surface area contributed by atoms with Crippen LogP contribution in [-0.2, 0) is 0 Å². The van der Waals surface area contributed by atoms with Gasteiger partial charge in [0.1, 0.15) is 6.17 Å². The Morgan fingerprint density at radius 3 is 2.81 bits per heavy atom. The molecular weight excluding hydrogens is 439 g/mol. The minimum atomic E-state index is -1.63. The first-order chi connectivity index (χ1) is 15.2. The topological polar surface area (TPSA) is 125 Å². The first kappa shape index (κ1) is 22.4. The van der Waals surface area contributed by atoms with Crippen molar-refractivity contribution in [1.29, 1.82) is 0 Å². The molecule has 3 atom stereocenters. The van der Waals surface area contributed by atoms with Gasteiger partial charge in [-0.3, -0.25) is 4.79 Å². The molecule has 3 aromatic heterocycles. The van der Waals surface area contributed by atoms with Gasteiger partial charge in [-0.05, 0) is 26.3 Å². The molecule has 9 nitrogen and oxygen atoms in total. The van der Waals surface area contributed by atoms with Gasteiger partial charge in [0.25, 0.3) is 5.91 Å². The van der Waals surface area contributed by atoms with E-state index in [4.69, 9.17) is 11.6 Å². The van der Waals surface area contributed by atoms with Gasteiger partial charge in [-0.15, -0.1) is 0 Å². The van der Waals surface area contributed by atoms with Crippen molar-refractivity contribution in [3.8, 4) is 5.82 Å². The zero-order chi connectivity index (χ0) is 23.0. The van der Waals surface area contributed by atoms with Gasteiger partial charge < -0.3 is 20.8 Å². The summed E-state index contributed by atoms with van der Waals surface area (Å²) in [4.78, 5) is 21.4. The van der Waals surface area contributed by atoms with Gasteiger partial charge in [0, 0.05) is 42.4 Å². The van der Waals surface area contributed by atoms with Crippen molar-refractivity contribution in [2.75, 3.05) is 18.5 Å². The van der Waals surface area contributed by atoms with Crippen LogP contribution in [0.5, 0.6) is 0 Å². The number of carbonyl (C=O) groups excluding carboxylic acids is 1. The summed E-state index contributed by atoms with van der Waals surface area (Å²) < 4.78 is 15.6. The second-order valence-electron chi connectivity index (χ2n) is 8.47. The number of hydrogen-bond donors (Lipinski definition) is 4. The maximum absolute atomic E-state index is 14.1. The van der Waals surface area contributed by atoms with E-state index >= 15 is 0 Å². The highest BCUT2D eigenvalue weighted by molar-refractivity contribution is 6.31. The first-order valence-electron chi connectivity index (χ1n) is 10.2. The largest absolute Gasteiger partial charge is 0.396 e. The van der Waals surface area contributed by atoms with E-state index in [1.807, 2.05) is 0 Å². The van der Waals surface area contributed by atoms with Crippen LogP contribution in [0.1, 0.15) is 30.6 Å². The van der Waals surface area contributed by atoms with Crippen LogP contribution in [-0.4, -0.2) is 66.8 Å². The van der Waals surface area contributed by atoms with E-state index in [1.54, 1.807) is 18.3 Å². The van der Waals surface area contributed by atoms with E-state index in [0.717, 1.165) is 11.8 Å². The molecule has 0 aliphatic heterocycles. The van der Waals surface area contributed by atoms with Crippen molar-refractivity contribution in [3.63, 3.8) is 0 Å².